The molecule has 0 aliphatic rings. The first-order chi connectivity index (χ1) is 7.63. The zero-order valence-corrected chi connectivity index (χ0v) is 10.1. The van der Waals surface area contributed by atoms with Crippen LogP contribution in [0.15, 0.2) is 33.9 Å². The monoisotopic (exact) mass is 256 g/mol. The lowest BCUT2D eigenvalue weighted by atomic mass is 10.3. The summed E-state index contributed by atoms with van der Waals surface area (Å²) in [5.41, 5.74) is 0.350. The molecule has 6 heteroatoms. The molecule has 0 aliphatic heterocycles. The normalized spacial score (nSPS) is 10.6. The van der Waals surface area contributed by atoms with E-state index in [1.54, 1.807) is 31.2 Å². The highest BCUT2D eigenvalue weighted by Crippen LogP contribution is 2.12. The second-order valence-corrected chi connectivity index (χ2v) is 4.49. The van der Waals surface area contributed by atoms with Crippen LogP contribution in [0.25, 0.3) is 5.69 Å². The lowest BCUT2D eigenvalue weighted by Gasteiger charge is -1.98. The van der Waals surface area contributed by atoms with Crippen LogP contribution in [0.1, 0.15) is 6.92 Å². The van der Waals surface area contributed by atoms with E-state index in [9.17, 15) is 9.59 Å². The maximum Gasteiger partial charge on any atom is 0.345 e. The van der Waals surface area contributed by atoms with E-state index in [0.717, 1.165) is 11.5 Å². The first kappa shape index (κ1) is 11.2. The number of aromatic nitrogens is 2. The van der Waals surface area contributed by atoms with Gasteiger partial charge < -0.3 is 0 Å². The molecule has 0 aliphatic carbocycles. The lowest BCUT2D eigenvalue weighted by Crippen LogP contribution is -2.27. The number of nitrogens with zero attached hydrogens (tertiary/aromatic N) is 2. The summed E-state index contributed by atoms with van der Waals surface area (Å²) in [6, 6.07) is 6.78. The Morgan fingerprint density at radius 2 is 1.88 bits per heavy atom. The molecule has 0 saturated heterocycles. The van der Waals surface area contributed by atoms with Crippen molar-refractivity contribution in [2.24, 2.45) is 0 Å². The zero-order valence-electron chi connectivity index (χ0n) is 8.51. The van der Waals surface area contributed by atoms with Gasteiger partial charge in [-0.05, 0) is 31.2 Å². The van der Waals surface area contributed by atoms with Gasteiger partial charge in [0.25, 0.3) is 0 Å². The Balaban J connectivity index is 2.61. The fraction of sp³-hybridized carbons (Fsp3) is 0.200. The molecule has 0 unspecified atom stereocenters. The third-order valence-electron chi connectivity index (χ3n) is 2.17. The van der Waals surface area contributed by atoms with Gasteiger partial charge in [-0.1, -0.05) is 11.6 Å². The van der Waals surface area contributed by atoms with Crippen LogP contribution in [0.5, 0.6) is 0 Å². The zero-order chi connectivity index (χ0) is 11.7. The second kappa shape index (κ2) is 4.27. The molecule has 0 saturated carbocycles. The largest absolute Gasteiger partial charge is 0.345 e. The van der Waals surface area contributed by atoms with Gasteiger partial charge in [-0.3, -0.25) is 4.79 Å². The number of benzene rings is 1. The number of hydrogen-bond acceptors (Lipinski definition) is 3. The van der Waals surface area contributed by atoms with E-state index < -0.39 is 0 Å². The van der Waals surface area contributed by atoms with Crippen molar-refractivity contribution in [1.82, 2.24) is 8.52 Å². The molecule has 0 atom stereocenters. The van der Waals surface area contributed by atoms with Gasteiger partial charge in [0, 0.05) is 23.1 Å². The summed E-state index contributed by atoms with van der Waals surface area (Å²) in [6.45, 7) is 2.15. The minimum absolute atomic E-state index is 0.248. The van der Waals surface area contributed by atoms with Gasteiger partial charge in [0.2, 0.25) is 0 Å². The highest BCUT2D eigenvalue weighted by atomic mass is 35.5. The van der Waals surface area contributed by atoms with E-state index in [1.807, 2.05) is 0 Å². The standard InChI is InChI=1S/C10H9ClN2O2S/c1-2-12-9(14)13(16-10(12)15)8-5-3-7(11)4-6-8/h3-6H,2H2,1H3. The Hall–Kier alpha value is -1.33. The molecular formula is C10H9ClN2O2S. The van der Waals surface area contributed by atoms with E-state index in [1.165, 1.54) is 8.52 Å². The second-order valence-electron chi connectivity index (χ2n) is 3.15. The average Bonchev–Trinajstić information content (AvgIpc) is 2.55. The van der Waals surface area contributed by atoms with Gasteiger partial charge in [0.1, 0.15) is 0 Å². The Kier molecular flexibility index (Phi) is 2.98. The van der Waals surface area contributed by atoms with Crippen LogP contribution in [0.4, 0.5) is 0 Å². The highest BCUT2D eigenvalue weighted by Gasteiger charge is 2.09. The molecule has 84 valence electrons. The van der Waals surface area contributed by atoms with Gasteiger partial charge in [-0.2, -0.15) is 0 Å². The minimum atomic E-state index is -0.306. The van der Waals surface area contributed by atoms with E-state index >= 15 is 0 Å². The Morgan fingerprint density at radius 3 is 2.38 bits per heavy atom. The molecule has 2 aromatic rings. The predicted molar refractivity (Wildman–Crippen MR) is 64.9 cm³/mol. The summed E-state index contributed by atoms with van der Waals surface area (Å²) in [5.74, 6) is 0. The van der Waals surface area contributed by atoms with Gasteiger partial charge in [0.15, 0.2) is 0 Å². The fourth-order valence-electron chi connectivity index (χ4n) is 1.36. The van der Waals surface area contributed by atoms with Crippen LogP contribution < -0.4 is 10.6 Å². The first-order valence-electron chi connectivity index (χ1n) is 4.72. The third-order valence-corrected chi connectivity index (χ3v) is 3.35. The summed E-state index contributed by atoms with van der Waals surface area (Å²) in [5, 5.41) is 0.596. The quantitative estimate of drug-likeness (QED) is 0.821. The van der Waals surface area contributed by atoms with Crippen LogP contribution in [0, 0.1) is 0 Å². The van der Waals surface area contributed by atoms with Crippen molar-refractivity contribution in [2.45, 2.75) is 13.5 Å². The van der Waals surface area contributed by atoms with Crippen LogP contribution in [0.2, 0.25) is 5.02 Å². The number of hydrogen-bond donors (Lipinski definition) is 0. The molecule has 0 amide bonds. The number of rotatable bonds is 2. The predicted octanol–water partition coefficient (Wildman–Crippen LogP) is 1.73. The molecule has 0 N–H and O–H groups in total. The highest BCUT2D eigenvalue weighted by molar-refractivity contribution is 7.03. The molecule has 1 aromatic carbocycles. The molecule has 1 aromatic heterocycles. The molecule has 0 fully saturated rings. The smallest absolute Gasteiger partial charge is 0.255 e. The van der Waals surface area contributed by atoms with Gasteiger partial charge >= 0.3 is 10.6 Å². The first-order valence-corrected chi connectivity index (χ1v) is 5.87. The Morgan fingerprint density at radius 1 is 1.25 bits per heavy atom. The summed E-state index contributed by atoms with van der Waals surface area (Å²) in [7, 11) is 0. The van der Waals surface area contributed by atoms with Crippen molar-refractivity contribution in [3.63, 3.8) is 0 Å². The van der Waals surface area contributed by atoms with Crippen LogP contribution in [-0.2, 0) is 6.54 Å². The van der Waals surface area contributed by atoms with Crippen LogP contribution in [-0.4, -0.2) is 8.52 Å². The van der Waals surface area contributed by atoms with Gasteiger partial charge in [0.05, 0.1) is 5.69 Å². The van der Waals surface area contributed by atoms with Crippen molar-refractivity contribution in [2.75, 3.05) is 0 Å². The molecule has 1 heterocycles. The third kappa shape index (κ3) is 1.83. The van der Waals surface area contributed by atoms with Crippen molar-refractivity contribution < 1.29 is 0 Å². The van der Waals surface area contributed by atoms with Gasteiger partial charge in [-0.15, -0.1) is 0 Å². The van der Waals surface area contributed by atoms with Crippen molar-refractivity contribution in [1.29, 1.82) is 0 Å². The molecule has 0 spiro atoms. The van der Waals surface area contributed by atoms with Gasteiger partial charge in [-0.25, -0.2) is 13.3 Å². The van der Waals surface area contributed by atoms with E-state index in [-0.39, 0.29) is 10.6 Å². The summed E-state index contributed by atoms with van der Waals surface area (Å²) < 4.78 is 2.56. The molecule has 0 radical (unpaired) electrons. The Labute approximate surface area is 100 Å². The maximum absolute atomic E-state index is 11.8. The summed E-state index contributed by atoms with van der Waals surface area (Å²) in [4.78, 5) is 23.0. The van der Waals surface area contributed by atoms with E-state index in [4.69, 9.17) is 11.6 Å². The topological polar surface area (TPSA) is 44.0 Å². The van der Waals surface area contributed by atoms with Crippen molar-refractivity contribution in [3.05, 3.63) is 49.4 Å². The van der Waals surface area contributed by atoms with Crippen molar-refractivity contribution in [3.8, 4) is 5.69 Å². The van der Waals surface area contributed by atoms with Crippen LogP contribution >= 0.6 is 23.1 Å². The molecule has 16 heavy (non-hydrogen) atoms. The SMILES string of the molecule is CCn1c(=O)sn(-c2ccc(Cl)cc2)c1=O. The molecule has 2 rings (SSSR count). The van der Waals surface area contributed by atoms with E-state index in [2.05, 4.69) is 0 Å². The lowest BCUT2D eigenvalue weighted by molar-refractivity contribution is 0.695. The summed E-state index contributed by atoms with van der Waals surface area (Å²) >= 11 is 6.64. The molecule has 4 nitrogen and oxygen atoms in total. The minimum Gasteiger partial charge on any atom is -0.255 e. The van der Waals surface area contributed by atoms with Crippen molar-refractivity contribution >= 4 is 23.1 Å². The molecule has 0 bridgehead atoms. The maximum atomic E-state index is 11.8. The van der Waals surface area contributed by atoms with E-state index in [0.29, 0.717) is 17.3 Å². The van der Waals surface area contributed by atoms with Crippen LogP contribution in [0.3, 0.4) is 0 Å². The number of halogens is 1. The molecular weight excluding hydrogens is 248 g/mol. The Bertz CT molecular complexity index is 609. The summed E-state index contributed by atoms with van der Waals surface area (Å²) in [6.07, 6.45) is 0. The average molecular weight is 257 g/mol. The fourth-order valence-corrected chi connectivity index (χ4v) is 2.35.